The summed E-state index contributed by atoms with van der Waals surface area (Å²) in [5, 5.41) is 8.26. The van der Waals surface area contributed by atoms with Crippen LogP contribution in [0.4, 0.5) is 0 Å². The van der Waals surface area contributed by atoms with E-state index in [0.717, 1.165) is 0 Å². The van der Waals surface area contributed by atoms with Crippen LogP contribution in [0, 0.1) is 13.8 Å². The zero-order valence-corrected chi connectivity index (χ0v) is 31.2. The van der Waals surface area contributed by atoms with Crippen LogP contribution >= 0.6 is 0 Å². The Hall–Kier alpha value is -3.67. The third kappa shape index (κ3) is 7.82. The molecule has 0 unspecified atom stereocenters. The van der Waals surface area contributed by atoms with Crippen LogP contribution in [0.15, 0.2) is 133 Å². The fourth-order valence-corrected chi connectivity index (χ4v) is 6.69. The number of rotatable bonds is 2. The summed E-state index contributed by atoms with van der Waals surface area (Å²) < 4.78 is 1.42. The third-order valence-corrected chi connectivity index (χ3v) is 10.2. The van der Waals surface area contributed by atoms with E-state index in [2.05, 4.69) is 189 Å². The summed E-state index contributed by atoms with van der Waals surface area (Å²) in [6.45, 7) is 17.9. The van der Waals surface area contributed by atoms with Gasteiger partial charge in [0.25, 0.3) is 0 Å². The van der Waals surface area contributed by atoms with Crippen LogP contribution < -0.4 is 0 Å². The predicted octanol–water partition coefficient (Wildman–Crippen LogP) is 12.3. The zero-order valence-electron chi connectivity index (χ0n) is 28.7. The minimum atomic E-state index is 0.203. The van der Waals surface area contributed by atoms with Gasteiger partial charge in [0.1, 0.15) is 0 Å². The first-order valence-electron chi connectivity index (χ1n) is 16.3. The van der Waals surface area contributed by atoms with Gasteiger partial charge in [-0.15, -0.1) is 68.2 Å². The van der Waals surface area contributed by atoms with Crippen molar-refractivity contribution in [2.24, 2.45) is 0 Å². The first-order chi connectivity index (χ1) is 21.8. The summed E-state index contributed by atoms with van der Waals surface area (Å²) in [7, 11) is 0. The van der Waals surface area contributed by atoms with Crippen LogP contribution in [0.3, 0.4) is 0 Å². The van der Waals surface area contributed by atoms with E-state index in [0.29, 0.717) is 0 Å². The molecule has 0 heterocycles. The van der Waals surface area contributed by atoms with Crippen LogP contribution in [0.2, 0.25) is 0 Å². The van der Waals surface area contributed by atoms with Crippen molar-refractivity contribution in [2.75, 3.05) is 0 Å². The van der Waals surface area contributed by atoms with Gasteiger partial charge in [0.05, 0.1) is 0 Å². The van der Waals surface area contributed by atoms with Crippen molar-refractivity contribution in [2.45, 2.75) is 66.2 Å². The Balaban J connectivity index is 0.000000144. The van der Waals surface area contributed by atoms with Crippen LogP contribution in [0.1, 0.15) is 74.9 Å². The molecule has 0 radical (unpaired) electrons. The Kier molecular flexibility index (Phi) is 10.2. The first-order valence-corrected chi connectivity index (χ1v) is 17.5. The van der Waals surface area contributed by atoms with E-state index in [9.17, 15) is 0 Å². The van der Waals surface area contributed by atoms with Crippen molar-refractivity contribution in [3.8, 4) is 0 Å². The Labute approximate surface area is 291 Å². The van der Waals surface area contributed by atoms with Crippen molar-refractivity contribution >= 4 is 35.5 Å². The topological polar surface area (TPSA) is 0 Å². The van der Waals surface area contributed by atoms with Gasteiger partial charge in [0.2, 0.25) is 0 Å². The SMILES string of the molecule is CC(C)(C)c1ccc2c(c1)[cH-]c1cc(C(C)(C)C)ccc12.Cc1ccc(C)c2[cH-]ccc12.[Zr+2]=[C](c1ccccc1)c1ccccc1. The van der Waals surface area contributed by atoms with Gasteiger partial charge in [-0.2, -0.15) is 12.1 Å². The summed E-state index contributed by atoms with van der Waals surface area (Å²) in [5.74, 6) is 0. The monoisotopic (exact) mass is 676 g/mol. The van der Waals surface area contributed by atoms with Gasteiger partial charge >= 0.3 is 99.2 Å². The third-order valence-electron chi connectivity index (χ3n) is 8.81. The Morgan fingerprint density at radius 1 is 0.522 bits per heavy atom. The molecule has 230 valence electrons. The molecule has 0 amide bonds. The second-order valence-corrected chi connectivity index (χ2v) is 15.6. The van der Waals surface area contributed by atoms with Crippen LogP contribution in [0.25, 0.3) is 32.3 Å². The number of hydrogen-bond acceptors (Lipinski definition) is 0. The van der Waals surface area contributed by atoms with E-state index in [1.54, 1.807) is 0 Å². The fraction of sp³-hybridized carbons (Fsp3) is 0.222. The van der Waals surface area contributed by atoms with Gasteiger partial charge < -0.3 is 0 Å². The van der Waals surface area contributed by atoms with E-state index in [4.69, 9.17) is 0 Å². The van der Waals surface area contributed by atoms with Crippen molar-refractivity contribution < 1.29 is 24.2 Å². The molecule has 0 bridgehead atoms. The summed E-state index contributed by atoms with van der Waals surface area (Å²) in [6.07, 6.45) is 0. The molecule has 0 fully saturated rings. The average Bonchev–Trinajstić information content (AvgIpc) is 3.69. The predicted molar refractivity (Wildman–Crippen MR) is 200 cm³/mol. The molecule has 0 saturated carbocycles. The van der Waals surface area contributed by atoms with E-state index in [1.807, 2.05) is 0 Å². The second kappa shape index (κ2) is 14.0. The molecule has 1 heteroatoms. The summed E-state index contributed by atoms with van der Waals surface area (Å²) in [6, 6.07) is 48.1. The second-order valence-electron chi connectivity index (χ2n) is 14.4. The quantitative estimate of drug-likeness (QED) is 0.160. The summed E-state index contributed by atoms with van der Waals surface area (Å²) >= 11 is 1.46. The Morgan fingerprint density at radius 2 is 0.978 bits per heavy atom. The molecular formula is C45H46Zr. The van der Waals surface area contributed by atoms with Gasteiger partial charge in [-0.05, 0) is 17.8 Å². The van der Waals surface area contributed by atoms with Crippen molar-refractivity contribution in [3.05, 3.63) is 167 Å². The molecule has 0 saturated heterocycles. The van der Waals surface area contributed by atoms with Gasteiger partial charge in [-0.1, -0.05) is 95.5 Å². The molecular weight excluding hydrogens is 632 g/mol. The molecule has 0 nitrogen and oxygen atoms in total. The number of benzene rings is 5. The average molecular weight is 678 g/mol. The van der Waals surface area contributed by atoms with Crippen LogP contribution in [-0.2, 0) is 35.1 Å². The van der Waals surface area contributed by atoms with Crippen molar-refractivity contribution in [1.82, 2.24) is 0 Å². The molecule has 0 aliphatic rings. The zero-order chi connectivity index (χ0) is 33.1. The van der Waals surface area contributed by atoms with E-state index in [1.165, 1.54) is 93.1 Å². The van der Waals surface area contributed by atoms with Gasteiger partial charge in [-0.3, -0.25) is 0 Å². The van der Waals surface area contributed by atoms with Crippen molar-refractivity contribution in [3.63, 3.8) is 0 Å². The number of hydrogen-bond donors (Lipinski definition) is 0. The maximum absolute atomic E-state index is 2.35. The van der Waals surface area contributed by atoms with E-state index >= 15 is 0 Å². The molecule has 7 rings (SSSR count). The molecule has 7 aromatic rings. The summed E-state index contributed by atoms with van der Waals surface area (Å²) in [5.41, 5.74) is 8.62. The Morgan fingerprint density at radius 3 is 1.41 bits per heavy atom. The number of fused-ring (bicyclic) bond motifs is 4. The first kappa shape index (κ1) is 33.7. The molecule has 46 heavy (non-hydrogen) atoms. The van der Waals surface area contributed by atoms with Gasteiger partial charge in [-0.25, -0.2) is 0 Å². The summed E-state index contributed by atoms with van der Waals surface area (Å²) in [4.78, 5) is 0. The Bertz CT molecular complexity index is 1920. The molecule has 7 aromatic carbocycles. The molecule has 0 aromatic heterocycles. The maximum atomic E-state index is 2.35. The standard InChI is InChI=1S/C21H25.C13H10.C11H11.Zr/c1-20(2,3)16-7-9-18-14(12-16)11-15-13-17(21(4,5)6)8-10-19(15)18;1-3-7-12(8-4-1)11-13-9-5-2-6-10-13;1-8-6-7-9(2)11-5-3-4-10(8)11;/h7-13H,1-6H3;1-10H;3-7H,1-2H3;/q-1;;-1;+2. The number of aryl methyl sites for hydroxylation is 2. The molecule has 0 aliphatic carbocycles. The van der Waals surface area contributed by atoms with Crippen LogP contribution in [-0.4, -0.2) is 3.21 Å². The van der Waals surface area contributed by atoms with Crippen LogP contribution in [0.5, 0.6) is 0 Å². The molecule has 0 spiro atoms. The van der Waals surface area contributed by atoms with E-state index in [-0.39, 0.29) is 10.8 Å². The molecule has 0 atom stereocenters. The fourth-order valence-electron chi connectivity index (χ4n) is 5.87. The molecule has 0 N–H and O–H groups in total. The normalized spacial score (nSPS) is 11.6. The van der Waals surface area contributed by atoms with Gasteiger partial charge in [0, 0.05) is 0 Å². The molecule has 0 aliphatic heterocycles. The van der Waals surface area contributed by atoms with Gasteiger partial charge in [0.15, 0.2) is 0 Å². The minimum absolute atomic E-state index is 0.203. The van der Waals surface area contributed by atoms with Crippen molar-refractivity contribution in [1.29, 1.82) is 0 Å². The van der Waals surface area contributed by atoms with E-state index < -0.39 is 0 Å².